The second-order valence-electron chi connectivity index (χ2n) is 11.3. The number of aliphatic hydroxyl groups is 1. The fourth-order valence-electron chi connectivity index (χ4n) is 4.72. The number of carbonyl (C=O) groups is 2. The number of likely N-dealkylation sites (tertiary alicyclic amines) is 1. The Hall–Kier alpha value is -3.14. The van der Waals surface area contributed by atoms with Crippen LogP contribution in [0.5, 0.6) is 0 Å². The summed E-state index contributed by atoms with van der Waals surface area (Å²) in [6, 6.07) is 11.0. The van der Waals surface area contributed by atoms with E-state index in [1.165, 1.54) is 34.8 Å². The Labute approximate surface area is 264 Å². The van der Waals surface area contributed by atoms with Gasteiger partial charge in [0.15, 0.2) is 0 Å². The van der Waals surface area contributed by atoms with Gasteiger partial charge in [-0.15, -0.1) is 5.10 Å². The molecule has 1 aromatic heterocycles. The minimum atomic E-state index is -0.762. The topological polar surface area (TPSA) is 125 Å². The third-order valence-electron chi connectivity index (χ3n) is 7.16. The summed E-state index contributed by atoms with van der Waals surface area (Å²) >= 11 is 14.2. The van der Waals surface area contributed by atoms with Crippen LogP contribution in [0.4, 0.5) is 5.69 Å². The Bertz CT molecular complexity index is 1560. The smallest absolute Gasteiger partial charge is 0.235 e. The lowest BCUT2D eigenvalue weighted by atomic mass is 10.0. The van der Waals surface area contributed by atoms with Crippen molar-refractivity contribution < 1.29 is 14.7 Å². The van der Waals surface area contributed by atoms with Crippen LogP contribution in [0.3, 0.4) is 0 Å². The third-order valence-corrected chi connectivity index (χ3v) is 8.70. The van der Waals surface area contributed by atoms with Crippen molar-refractivity contribution in [2.45, 2.75) is 62.2 Å². The summed E-state index contributed by atoms with van der Waals surface area (Å²) in [6.45, 7) is 5.33. The van der Waals surface area contributed by atoms with Gasteiger partial charge >= 0.3 is 0 Å². The van der Waals surface area contributed by atoms with Crippen LogP contribution in [0, 0.1) is 11.8 Å². The fraction of sp³-hybridized carbons (Fsp3) is 0.433. The van der Waals surface area contributed by atoms with E-state index in [1.54, 1.807) is 18.2 Å². The van der Waals surface area contributed by atoms with Crippen LogP contribution in [0.2, 0.25) is 10.0 Å². The van der Waals surface area contributed by atoms with Gasteiger partial charge in [-0.3, -0.25) is 14.5 Å². The van der Waals surface area contributed by atoms with Crippen LogP contribution in [-0.4, -0.2) is 79.1 Å². The van der Waals surface area contributed by atoms with Crippen molar-refractivity contribution in [3.8, 4) is 17.5 Å². The molecule has 0 atom stereocenters. The maximum Gasteiger partial charge on any atom is 0.235 e. The number of halogens is 2. The summed E-state index contributed by atoms with van der Waals surface area (Å²) in [5.74, 6) is 6.39. The van der Waals surface area contributed by atoms with Crippen LogP contribution in [0.15, 0.2) is 41.6 Å². The quantitative estimate of drug-likeness (QED) is 0.234. The molecule has 1 saturated carbocycles. The monoisotopic (exact) mass is 641 g/mol. The number of benzene rings is 2. The van der Waals surface area contributed by atoms with Crippen LogP contribution in [-0.2, 0) is 9.59 Å². The first-order valence-electron chi connectivity index (χ1n) is 14.1. The van der Waals surface area contributed by atoms with Gasteiger partial charge in [0.05, 0.1) is 45.4 Å². The molecule has 0 spiro atoms. The van der Waals surface area contributed by atoms with Gasteiger partial charge in [-0.25, -0.2) is 0 Å². The van der Waals surface area contributed by atoms with Crippen LogP contribution >= 0.6 is 35.0 Å². The summed E-state index contributed by atoms with van der Waals surface area (Å²) in [7, 11) is 0. The van der Waals surface area contributed by atoms with E-state index in [-0.39, 0.29) is 30.2 Å². The average molecular weight is 643 g/mol. The standard InChI is InChI=1S/C30H33Cl2N7O3S/c1-30(2,34-27(41)17-38-13-10-22(40)11-14-38)12-9-19-3-7-25(23(31)15-19)33-28(42)18-43-29-35-36-37-39(29)26-8-6-21(16-24(26)32)20-4-5-20/h3,6-8,15-16,20,22,40H,4-5,10-11,13-14,17-18H2,1-2H3,(H,33,42)(H,34,41). The Balaban J connectivity index is 1.13. The average Bonchev–Trinajstić information content (AvgIpc) is 3.71. The number of thioether (sulfide) groups is 1. The number of tetrazole rings is 1. The van der Waals surface area contributed by atoms with Gasteiger partial charge in [0.2, 0.25) is 17.0 Å². The van der Waals surface area contributed by atoms with Crippen molar-refractivity contribution in [3.63, 3.8) is 0 Å². The molecule has 0 bridgehead atoms. The first kappa shape index (κ1) is 31.3. The third kappa shape index (κ3) is 8.71. The first-order valence-corrected chi connectivity index (χ1v) is 15.9. The number of nitrogens with one attached hydrogen (secondary N) is 2. The number of piperidine rings is 1. The molecule has 2 aliphatic rings. The number of nitrogens with zero attached hydrogens (tertiary/aromatic N) is 5. The van der Waals surface area contributed by atoms with Gasteiger partial charge in [-0.1, -0.05) is 52.9 Å². The lowest BCUT2D eigenvalue weighted by molar-refractivity contribution is -0.123. The van der Waals surface area contributed by atoms with E-state index in [0.29, 0.717) is 64.0 Å². The van der Waals surface area contributed by atoms with Crippen molar-refractivity contribution in [2.24, 2.45) is 0 Å². The summed E-state index contributed by atoms with van der Waals surface area (Å²) < 4.78 is 1.53. The van der Waals surface area contributed by atoms with Gasteiger partial charge in [-0.2, -0.15) is 4.68 Å². The molecule has 2 fully saturated rings. The molecule has 0 unspecified atom stereocenters. The minimum Gasteiger partial charge on any atom is -0.393 e. The molecule has 3 aromatic rings. The molecular formula is C30H33Cl2N7O3S. The summed E-state index contributed by atoms with van der Waals surface area (Å²) in [4.78, 5) is 27.3. The van der Waals surface area contributed by atoms with Crippen LogP contribution < -0.4 is 10.6 Å². The maximum atomic E-state index is 12.7. The predicted molar refractivity (Wildman–Crippen MR) is 168 cm³/mol. The fourth-order valence-corrected chi connectivity index (χ4v) is 5.91. The minimum absolute atomic E-state index is 0.0575. The Morgan fingerprint density at radius 3 is 2.53 bits per heavy atom. The largest absolute Gasteiger partial charge is 0.393 e. The van der Waals surface area contributed by atoms with Crippen molar-refractivity contribution in [3.05, 3.63) is 57.6 Å². The Kier molecular flexibility index (Phi) is 9.94. The first-order chi connectivity index (χ1) is 20.6. The predicted octanol–water partition coefficient (Wildman–Crippen LogP) is 4.28. The zero-order valence-corrected chi connectivity index (χ0v) is 26.3. The summed E-state index contributed by atoms with van der Waals surface area (Å²) in [5.41, 5.74) is 2.21. The summed E-state index contributed by atoms with van der Waals surface area (Å²) in [5, 5.41) is 28.6. The number of amides is 2. The molecule has 0 radical (unpaired) electrons. The van der Waals surface area contributed by atoms with E-state index in [9.17, 15) is 14.7 Å². The lowest BCUT2D eigenvalue weighted by Gasteiger charge is -2.30. The number of carbonyl (C=O) groups excluding carboxylic acids is 2. The molecule has 43 heavy (non-hydrogen) atoms. The van der Waals surface area contributed by atoms with Gasteiger partial charge in [-0.05, 0) is 91.8 Å². The van der Waals surface area contributed by atoms with Gasteiger partial charge < -0.3 is 15.7 Å². The van der Waals surface area contributed by atoms with Gasteiger partial charge in [0, 0.05) is 18.7 Å². The van der Waals surface area contributed by atoms with Crippen molar-refractivity contribution in [2.75, 3.05) is 30.7 Å². The van der Waals surface area contributed by atoms with E-state index in [4.69, 9.17) is 23.2 Å². The number of rotatable bonds is 9. The van der Waals surface area contributed by atoms with E-state index >= 15 is 0 Å². The number of hydrogen-bond acceptors (Lipinski definition) is 8. The molecule has 13 heteroatoms. The zero-order valence-electron chi connectivity index (χ0n) is 23.9. The second-order valence-corrected chi connectivity index (χ2v) is 13.1. The number of anilines is 1. The molecule has 5 rings (SSSR count). The van der Waals surface area contributed by atoms with E-state index in [2.05, 4.69) is 38.0 Å². The van der Waals surface area contributed by atoms with Crippen molar-refractivity contribution >= 4 is 52.5 Å². The number of aliphatic hydroxyl groups excluding tert-OH is 1. The normalized spacial score (nSPS) is 15.9. The van der Waals surface area contributed by atoms with Crippen molar-refractivity contribution in [1.82, 2.24) is 30.4 Å². The second kappa shape index (κ2) is 13.7. The van der Waals surface area contributed by atoms with Crippen LogP contribution in [0.1, 0.15) is 56.6 Å². The number of hydrogen-bond donors (Lipinski definition) is 3. The summed E-state index contributed by atoms with van der Waals surface area (Å²) in [6.07, 6.45) is 3.44. The molecular weight excluding hydrogens is 609 g/mol. The molecule has 1 saturated heterocycles. The Morgan fingerprint density at radius 2 is 1.84 bits per heavy atom. The molecule has 2 heterocycles. The van der Waals surface area contributed by atoms with Gasteiger partial charge in [0.25, 0.3) is 0 Å². The van der Waals surface area contributed by atoms with Gasteiger partial charge in [0.1, 0.15) is 0 Å². The zero-order chi connectivity index (χ0) is 30.6. The lowest BCUT2D eigenvalue weighted by Crippen LogP contribution is -2.48. The molecule has 1 aliphatic carbocycles. The van der Waals surface area contributed by atoms with Crippen LogP contribution in [0.25, 0.3) is 5.69 Å². The van der Waals surface area contributed by atoms with E-state index in [1.807, 2.05) is 36.9 Å². The molecule has 2 amide bonds. The highest BCUT2D eigenvalue weighted by molar-refractivity contribution is 7.99. The molecule has 226 valence electrons. The highest BCUT2D eigenvalue weighted by atomic mass is 35.5. The number of aromatic nitrogens is 4. The van der Waals surface area contributed by atoms with E-state index < -0.39 is 5.54 Å². The molecule has 3 N–H and O–H groups in total. The maximum absolute atomic E-state index is 12.7. The van der Waals surface area contributed by atoms with E-state index in [0.717, 1.165) is 0 Å². The Morgan fingerprint density at radius 1 is 1.07 bits per heavy atom. The van der Waals surface area contributed by atoms with Crippen molar-refractivity contribution in [1.29, 1.82) is 0 Å². The highest BCUT2D eigenvalue weighted by Gasteiger charge is 2.25. The highest BCUT2D eigenvalue weighted by Crippen LogP contribution is 2.41. The molecule has 1 aliphatic heterocycles. The molecule has 10 nitrogen and oxygen atoms in total. The SMILES string of the molecule is CC(C)(C#Cc1ccc(NC(=O)CSc2nnnn2-c2ccc(C3CC3)cc2Cl)c(Cl)c1)NC(=O)CN1CCC(O)CC1. The molecule has 2 aromatic carbocycles.